The molecule has 2 aromatic carbocycles. The van der Waals surface area contributed by atoms with Gasteiger partial charge in [0.05, 0.1) is 22.9 Å². The Morgan fingerprint density at radius 1 is 1.10 bits per heavy atom. The molecule has 2 N–H and O–H groups in total. The Morgan fingerprint density at radius 2 is 1.82 bits per heavy atom. The van der Waals surface area contributed by atoms with Gasteiger partial charge in [0, 0.05) is 50.6 Å². The number of hydrogen-bond acceptors (Lipinski definition) is 6. The Kier molecular flexibility index (Phi) is 6.74. The van der Waals surface area contributed by atoms with Crippen molar-refractivity contribution < 1.29 is 22.8 Å². The molecule has 5 rings (SSSR count). The molecule has 212 valence electrons. The molecular weight excluding hydrogens is 526 g/mol. The number of benzene rings is 2. The van der Waals surface area contributed by atoms with Crippen molar-refractivity contribution in [2.75, 3.05) is 23.7 Å². The van der Waals surface area contributed by atoms with Crippen molar-refractivity contribution in [3.63, 3.8) is 0 Å². The van der Waals surface area contributed by atoms with Crippen LogP contribution in [0.3, 0.4) is 0 Å². The first-order valence-electron chi connectivity index (χ1n) is 13.6. The molecule has 9 heteroatoms. The lowest BCUT2D eigenvalue weighted by Crippen LogP contribution is -2.50. The van der Waals surface area contributed by atoms with Gasteiger partial charge in [0.25, 0.3) is 10.1 Å². The number of nitrogens with zero attached hydrogens (tertiary/aromatic N) is 3. The van der Waals surface area contributed by atoms with E-state index in [9.17, 15) is 18.1 Å². The second kappa shape index (κ2) is 9.59. The van der Waals surface area contributed by atoms with E-state index in [0.29, 0.717) is 53.1 Å². The first-order chi connectivity index (χ1) is 18.6. The number of hydrogen-bond donors (Lipinski definition) is 2. The second-order valence-electron chi connectivity index (χ2n) is 12.0. The normalized spacial score (nSPS) is 18.3. The average molecular weight is 565 g/mol. The fourth-order valence-corrected chi connectivity index (χ4v) is 6.99. The summed E-state index contributed by atoms with van der Waals surface area (Å²) in [5, 5.41) is 11.0. The predicted molar refractivity (Wildman–Crippen MR) is 160 cm³/mol. The lowest BCUT2D eigenvalue weighted by atomic mass is 9.88. The van der Waals surface area contributed by atoms with Gasteiger partial charge in [-0.05, 0) is 57.0 Å². The van der Waals surface area contributed by atoms with Crippen molar-refractivity contribution in [3.05, 3.63) is 70.6 Å². The molecule has 0 saturated heterocycles. The SMILES string of the molecule is C=C(O)CCC[N+]1=c2cc3c(cc2C(CS(=O)(=O)O)=CC1(C)C)=Nc1cc2c(cc1O3)N(CC)C(C)(C)C=C2C. The van der Waals surface area contributed by atoms with Gasteiger partial charge in [0.1, 0.15) is 23.3 Å². The summed E-state index contributed by atoms with van der Waals surface area (Å²) in [6.07, 6.45) is 5.27. The van der Waals surface area contributed by atoms with E-state index in [0.717, 1.165) is 23.2 Å². The van der Waals surface area contributed by atoms with Crippen molar-refractivity contribution in [2.24, 2.45) is 4.99 Å². The van der Waals surface area contributed by atoms with Crippen LogP contribution in [0.25, 0.3) is 11.1 Å². The van der Waals surface area contributed by atoms with Crippen LogP contribution in [0.4, 0.5) is 11.4 Å². The maximum atomic E-state index is 12.0. The van der Waals surface area contributed by atoms with Crippen LogP contribution in [0.1, 0.15) is 65.5 Å². The van der Waals surface area contributed by atoms with Gasteiger partial charge >= 0.3 is 0 Å². The molecule has 0 aromatic heterocycles. The highest BCUT2D eigenvalue weighted by Crippen LogP contribution is 2.46. The van der Waals surface area contributed by atoms with Crippen LogP contribution in [0.15, 0.2) is 53.7 Å². The third kappa shape index (κ3) is 5.08. The van der Waals surface area contributed by atoms with Gasteiger partial charge in [-0.3, -0.25) is 4.55 Å². The molecule has 0 atom stereocenters. The topological polar surface area (TPSA) is 102 Å². The molecule has 3 heterocycles. The van der Waals surface area contributed by atoms with Crippen molar-refractivity contribution in [1.82, 2.24) is 4.58 Å². The number of fused-ring (bicyclic) bond motifs is 4. The summed E-state index contributed by atoms with van der Waals surface area (Å²) >= 11 is 0. The van der Waals surface area contributed by atoms with Crippen molar-refractivity contribution >= 4 is 32.6 Å². The van der Waals surface area contributed by atoms with Crippen LogP contribution in [0.2, 0.25) is 0 Å². The summed E-state index contributed by atoms with van der Waals surface area (Å²) in [5.74, 6) is 0.875. The Labute approximate surface area is 236 Å². The molecular formula is C31H38N3O5S+. The van der Waals surface area contributed by atoms with Crippen LogP contribution in [-0.4, -0.2) is 48.0 Å². The summed E-state index contributed by atoms with van der Waals surface area (Å²) in [6, 6.07) is 7.89. The zero-order chi connectivity index (χ0) is 29.2. The summed E-state index contributed by atoms with van der Waals surface area (Å²) < 4.78 is 42.3. The van der Waals surface area contributed by atoms with Gasteiger partial charge in [0.15, 0.2) is 17.0 Å². The Bertz CT molecular complexity index is 1730. The molecule has 0 amide bonds. The van der Waals surface area contributed by atoms with Crippen molar-refractivity contribution in [3.8, 4) is 11.5 Å². The maximum absolute atomic E-state index is 12.0. The molecule has 3 aliphatic rings. The highest BCUT2D eigenvalue weighted by molar-refractivity contribution is 7.86. The molecule has 0 fully saturated rings. The third-order valence-corrected chi connectivity index (χ3v) is 8.63. The average Bonchev–Trinajstić information content (AvgIpc) is 2.81. The Balaban J connectivity index is 1.71. The van der Waals surface area contributed by atoms with Gasteiger partial charge < -0.3 is 14.7 Å². The third-order valence-electron chi connectivity index (χ3n) is 7.96. The van der Waals surface area contributed by atoms with Crippen LogP contribution in [0.5, 0.6) is 11.5 Å². The zero-order valence-electron chi connectivity index (χ0n) is 24.1. The lowest BCUT2D eigenvalue weighted by Gasteiger charge is -2.43. The number of aliphatic hydroxyl groups is 1. The highest BCUT2D eigenvalue weighted by atomic mass is 32.2. The van der Waals surface area contributed by atoms with Crippen LogP contribution in [-0.2, 0) is 10.1 Å². The minimum atomic E-state index is -4.27. The number of anilines is 1. The van der Waals surface area contributed by atoms with E-state index in [1.165, 1.54) is 5.57 Å². The Hall–Kier alpha value is -3.43. The number of likely N-dealkylation sites (N-methyl/N-ethyl adjacent to an activating group) is 1. The minimum absolute atomic E-state index is 0.125. The molecule has 0 spiro atoms. The molecule has 0 bridgehead atoms. The number of rotatable bonds is 7. The van der Waals surface area contributed by atoms with Gasteiger partial charge in [-0.2, -0.15) is 8.42 Å². The van der Waals surface area contributed by atoms with E-state index >= 15 is 0 Å². The minimum Gasteiger partial charge on any atom is -0.513 e. The van der Waals surface area contributed by atoms with Gasteiger partial charge in [-0.1, -0.05) is 12.7 Å². The smallest absolute Gasteiger partial charge is 0.269 e. The standard InChI is InChI=1S/C31H37N3O5S/c1-8-33-26-14-28-24(12-22(26)19(2)16-30(33,4)5)32-25-13-23-21(18-40(36,37)38)17-31(6,7)34(11-9-10-20(3)35)27(23)15-29(25)39-28/h12-17H,3,8-11,18H2,1-2,4-7H3,(H-,35,36,37,38)/p+1. The van der Waals surface area contributed by atoms with E-state index in [1.807, 2.05) is 32.1 Å². The highest BCUT2D eigenvalue weighted by Gasteiger charge is 2.37. The summed E-state index contributed by atoms with van der Waals surface area (Å²) in [4.78, 5) is 7.31. The maximum Gasteiger partial charge on any atom is 0.269 e. The van der Waals surface area contributed by atoms with E-state index in [4.69, 9.17) is 9.73 Å². The van der Waals surface area contributed by atoms with Gasteiger partial charge in [-0.25, -0.2) is 9.57 Å². The molecule has 0 aliphatic carbocycles. The second-order valence-corrected chi connectivity index (χ2v) is 13.4. The monoisotopic (exact) mass is 564 g/mol. The molecule has 2 aromatic rings. The van der Waals surface area contributed by atoms with E-state index in [1.54, 1.807) is 0 Å². The first kappa shape index (κ1) is 28.1. The predicted octanol–water partition coefficient (Wildman–Crippen LogP) is 5.17. The van der Waals surface area contributed by atoms with Crippen LogP contribution >= 0.6 is 0 Å². The largest absolute Gasteiger partial charge is 0.513 e. The molecule has 8 nitrogen and oxygen atoms in total. The summed E-state index contributed by atoms with van der Waals surface area (Å²) in [6.45, 7) is 17.7. The quantitative estimate of drug-likeness (QED) is 0.233. The van der Waals surface area contributed by atoms with E-state index < -0.39 is 21.4 Å². The first-order valence-corrected chi connectivity index (χ1v) is 15.3. The fraction of sp³-hybridized carbons (Fsp3) is 0.419. The number of allylic oxidation sites excluding steroid dienone is 2. The van der Waals surface area contributed by atoms with Gasteiger partial charge in [0.2, 0.25) is 5.36 Å². The van der Waals surface area contributed by atoms with Crippen LogP contribution < -0.4 is 24.9 Å². The molecule has 0 radical (unpaired) electrons. The molecule has 0 saturated carbocycles. The fourth-order valence-electron chi connectivity index (χ4n) is 6.35. The molecule has 3 aliphatic heterocycles. The molecule has 0 unspecified atom stereocenters. The summed E-state index contributed by atoms with van der Waals surface area (Å²) in [5.41, 5.74) is 4.61. The number of ether oxygens (including phenoxy) is 1. The molecule has 40 heavy (non-hydrogen) atoms. The van der Waals surface area contributed by atoms with E-state index in [2.05, 4.69) is 62.0 Å². The lowest BCUT2D eigenvalue weighted by molar-refractivity contribution is 0.353. The summed E-state index contributed by atoms with van der Waals surface area (Å²) in [7, 11) is -4.27. The Morgan fingerprint density at radius 3 is 2.48 bits per heavy atom. The van der Waals surface area contributed by atoms with E-state index in [-0.39, 0.29) is 11.3 Å². The number of aliphatic hydroxyl groups excluding tert-OH is 1. The van der Waals surface area contributed by atoms with Crippen molar-refractivity contribution in [1.29, 1.82) is 0 Å². The van der Waals surface area contributed by atoms with Crippen LogP contribution in [0, 0.1) is 0 Å². The van der Waals surface area contributed by atoms with Crippen molar-refractivity contribution in [2.45, 2.75) is 65.5 Å². The zero-order valence-corrected chi connectivity index (χ0v) is 24.9. The van der Waals surface area contributed by atoms with Gasteiger partial charge in [-0.15, -0.1) is 0 Å².